The minimum absolute atomic E-state index is 0.0670. The highest BCUT2D eigenvalue weighted by atomic mass is 32.2. The number of carbonyl (C=O) groups excluding carboxylic acids is 1. The van der Waals surface area contributed by atoms with Crippen molar-refractivity contribution in [1.82, 2.24) is 15.4 Å². The normalized spacial score (nSPS) is 26.0. The fourth-order valence-electron chi connectivity index (χ4n) is 5.16. The first-order valence-corrected chi connectivity index (χ1v) is 13.6. The van der Waals surface area contributed by atoms with Crippen LogP contribution in [0.15, 0.2) is 46.3 Å². The molecular weight excluding hydrogens is 464 g/mol. The van der Waals surface area contributed by atoms with Gasteiger partial charge in [-0.1, -0.05) is 44.2 Å². The Balaban J connectivity index is 1.58. The van der Waals surface area contributed by atoms with Crippen molar-refractivity contribution in [3.63, 3.8) is 0 Å². The van der Waals surface area contributed by atoms with Gasteiger partial charge in [-0.15, -0.1) is 0 Å². The first kappa shape index (κ1) is 25.4. The summed E-state index contributed by atoms with van der Waals surface area (Å²) >= 11 is 0. The Bertz CT molecular complexity index is 1230. The van der Waals surface area contributed by atoms with Crippen LogP contribution >= 0.6 is 0 Å². The fourth-order valence-corrected chi connectivity index (χ4v) is 6.97. The zero-order chi connectivity index (χ0) is 25.3. The zero-order valence-electron chi connectivity index (χ0n) is 20.8. The van der Waals surface area contributed by atoms with E-state index in [0.717, 1.165) is 5.39 Å². The largest absolute Gasteiger partial charge is 0.377 e. The number of Topliss-reactive ketones (excluding diaryl/α,β-unsaturated/α-hetero) is 1. The number of sulfonamides is 1. The predicted molar refractivity (Wildman–Crippen MR) is 140 cm³/mol. The molecule has 9 nitrogen and oxygen atoms in total. The first-order valence-electron chi connectivity index (χ1n) is 12.1. The molecule has 0 aromatic heterocycles. The van der Waals surface area contributed by atoms with E-state index in [0.29, 0.717) is 43.2 Å². The Morgan fingerprint density at radius 1 is 1.17 bits per heavy atom. The van der Waals surface area contributed by atoms with E-state index in [2.05, 4.69) is 20.3 Å². The summed E-state index contributed by atoms with van der Waals surface area (Å²) in [5.41, 5.74) is 6.33. The molecule has 0 aliphatic carbocycles. The second-order valence-electron chi connectivity index (χ2n) is 9.94. The fraction of sp³-hybridized carbons (Fsp3) is 0.520. The molecule has 5 atom stereocenters. The van der Waals surface area contributed by atoms with E-state index in [9.17, 15) is 13.2 Å². The molecule has 0 spiro atoms. The number of rotatable bonds is 7. The number of nitrogens with zero attached hydrogens (tertiary/aromatic N) is 2. The zero-order valence-corrected chi connectivity index (χ0v) is 21.6. The Morgan fingerprint density at radius 3 is 2.60 bits per heavy atom. The highest BCUT2D eigenvalue weighted by Crippen LogP contribution is 2.33. The van der Waals surface area contributed by atoms with Gasteiger partial charge in [0.05, 0.1) is 5.69 Å². The molecule has 10 heteroatoms. The smallest absolute Gasteiger partial charge is 0.243 e. The number of carbonyl (C=O) groups is 1. The summed E-state index contributed by atoms with van der Waals surface area (Å²) < 4.78 is 30.5. The summed E-state index contributed by atoms with van der Waals surface area (Å²) in [7, 11) is -0.205. The Hall–Kier alpha value is -2.69. The van der Waals surface area contributed by atoms with Crippen molar-refractivity contribution in [3.05, 3.63) is 36.4 Å². The van der Waals surface area contributed by atoms with E-state index in [1.807, 2.05) is 69.2 Å². The molecule has 2 heterocycles. The van der Waals surface area contributed by atoms with Gasteiger partial charge in [0.2, 0.25) is 10.0 Å². The maximum atomic E-state index is 13.8. The van der Waals surface area contributed by atoms with Crippen LogP contribution in [-0.4, -0.2) is 66.5 Å². The lowest BCUT2D eigenvalue weighted by Gasteiger charge is -2.38. The summed E-state index contributed by atoms with van der Waals surface area (Å²) in [6.45, 7) is 6.03. The van der Waals surface area contributed by atoms with Crippen molar-refractivity contribution < 1.29 is 13.2 Å². The van der Waals surface area contributed by atoms with E-state index in [1.165, 1.54) is 0 Å². The van der Waals surface area contributed by atoms with Crippen LogP contribution in [0, 0.1) is 23.7 Å². The number of nitrogens with one attached hydrogen (secondary N) is 3. The van der Waals surface area contributed by atoms with E-state index >= 15 is 0 Å². The summed E-state index contributed by atoms with van der Waals surface area (Å²) in [5, 5.41) is 7.86. The standard InChI is InChI=1S/C25H36N6O3S/c1-15(18-11-28-25(26)29-12-18)23(32)20-13-27-14-21(16(20)2)30-35(33,34)24-19-8-6-5-7-17(19)9-10-22(24)31(3)4/h5-10,15-16,18,20-21,27,30H,11-14H2,1-4H3,(H3,26,28,29). The molecule has 190 valence electrons. The molecule has 4 rings (SSSR count). The molecule has 35 heavy (non-hydrogen) atoms. The van der Waals surface area contributed by atoms with Crippen molar-refractivity contribution >= 4 is 38.2 Å². The number of benzene rings is 2. The molecule has 2 aromatic carbocycles. The van der Waals surface area contributed by atoms with Crippen LogP contribution in [0.25, 0.3) is 10.8 Å². The SMILES string of the molecule is CC(C(=O)C1CNCC(NS(=O)(=O)c2c(N(C)C)ccc3ccccc23)C1C)C1CN=C(N)NC1. The van der Waals surface area contributed by atoms with E-state index < -0.39 is 16.1 Å². The average Bonchev–Trinajstić information content (AvgIpc) is 2.84. The number of hydrogen-bond acceptors (Lipinski definition) is 8. The number of piperidine rings is 1. The Labute approximate surface area is 207 Å². The molecule has 2 aromatic rings. The highest BCUT2D eigenvalue weighted by molar-refractivity contribution is 7.90. The lowest BCUT2D eigenvalue weighted by atomic mass is 9.75. The number of nitrogens with two attached hydrogens (primary N) is 1. The van der Waals surface area contributed by atoms with Crippen LogP contribution in [-0.2, 0) is 14.8 Å². The van der Waals surface area contributed by atoms with Gasteiger partial charge in [-0.3, -0.25) is 9.79 Å². The van der Waals surface area contributed by atoms with Crippen LogP contribution in [0.5, 0.6) is 0 Å². The first-order chi connectivity index (χ1) is 16.6. The Morgan fingerprint density at radius 2 is 1.91 bits per heavy atom. The van der Waals surface area contributed by atoms with Crippen molar-refractivity contribution in [1.29, 1.82) is 0 Å². The van der Waals surface area contributed by atoms with Crippen LogP contribution in [0.3, 0.4) is 0 Å². The number of ketones is 1. The van der Waals surface area contributed by atoms with E-state index in [4.69, 9.17) is 5.73 Å². The third kappa shape index (κ3) is 5.14. The van der Waals surface area contributed by atoms with Crippen LogP contribution in [0.1, 0.15) is 13.8 Å². The molecule has 1 saturated heterocycles. The van der Waals surface area contributed by atoms with Gasteiger partial charge < -0.3 is 21.3 Å². The minimum Gasteiger partial charge on any atom is -0.377 e. The average molecular weight is 501 g/mol. The van der Waals surface area contributed by atoms with Crippen molar-refractivity contribution in [2.75, 3.05) is 45.2 Å². The van der Waals surface area contributed by atoms with Gasteiger partial charge in [0.1, 0.15) is 10.7 Å². The van der Waals surface area contributed by atoms with Gasteiger partial charge in [0.15, 0.2) is 5.96 Å². The summed E-state index contributed by atoms with van der Waals surface area (Å²) in [5.74, 6) is -0.0525. The predicted octanol–water partition coefficient (Wildman–Crippen LogP) is 1.15. The van der Waals surface area contributed by atoms with Gasteiger partial charge >= 0.3 is 0 Å². The quantitative estimate of drug-likeness (QED) is 0.449. The van der Waals surface area contributed by atoms with Gasteiger partial charge in [0, 0.05) is 69.5 Å². The number of aliphatic imine (C=N–C) groups is 1. The summed E-state index contributed by atoms with van der Waals surface area (Å²) in [6, 6.07) is 10.8. The van der Waals surface area contributed by atoms with Crippen molar-refractivity contribution in [2.24, 2.45) is 34.4 Å². The summed E-state index contributed by atoms with van der Waals surface area (Å²) in [6.07, 6.45) is 0. The molecule has 5 N–H and O–H groups in total. The molecule has 0 amide bonds. The molecule has 2 aliphatic rings. The molecule has 5 unspecified atom stereocenters. The third-order valence-corrected chi connectivity index (χ3v) is 9.06. The van der Waals surface area contributed by atoms with Crippen LogP contribution in [0.4, 0.5) is 5.69 Å². The molecule has 1 fully saturated rings. The molecule has 2 aliphatic heterocycles. The second-order valence-corrected chi connectivity index (χ2v) is 11.6. The number of anilines is 1. The van der Waals surface area contributed by atoms with E-state index in [-0.39, 0.29) is 34.4 Å². The Kier molecular flexibility index (Phi) is 7.35. The molecule has 0 bridgehead atoms. The lowest BCUT2D eigenvalue weighted by molar-refractivity contribution is -0.130. The molecular formula is C25H36N6O3S. The van der Waals surface area contributed by atoms with E-state index in [1.54, 1.807) is 0 Å². The number of guanidine groups is 1. The molecule has 0 saturated carbocycles. The van der Waals surface area contributed by atoms with Gasteiger partial charge in [-0.05, 0) is 17.4 Å². The highest BCUT2D eigenvalue weighted by Gasteiger charge is 2.40. The lowest BCUT2D eigenvalue weighted by Crippen LogP contribution is -2.57. The topological polar surface area (TPSA) is 129 Å². The number of hydrogen-bond donors (Lipinski definition) is 4. The monoisotopic (exact) mass is 500 g/mol. The molecule has 0 radical (unpaired) electrons. The third-order valence-electron chi connectivity index (χ3n) is 7.48. The van der Waals surface area contributed by atoms with Crippen LogP contribution in [0.2, 0.25) is 0 Å². The van der Waals surface area contributed by atoms with Crippen LogP contribution < -0.4 is 26.0 Å². The van der Waals surface area contributed by atoms with Gasteiger partial charge in [-0.25, -0.2) is 13.1 Å². The van der Waals surface area contributed by atoms with Crippen molar-refractivity contribution in [2.45, 2.75) is 24.8 Å². The maximum absolute atomic E-state index is 13.8. The minimum atomic E-state index is -3.88. The maximum Gasteiger partial charge on any atom is 0.243 e. The second kappa shape index (κ2) is 10.1. The van der Waals surface area contributed by atoms with Gasteiger partial charge in [-0.2, -0.15) is 0 Å². The summed E-state index contributed by atoms with van der Waals surface area (Å²) in [4.78, 5) is 19.8. The number of fused-ring (bicyclic) bond motifs is 1. The van der Waals surface area contributed by atoms with Gasteiger partial charge in [0.25, 0.3) is 0 Å². The van der Waals surface area contributed by atoms with Crippen molar-refractivity contribution in [3.8, 4) is 0 Å².